The van der Waals surface area contributed by atoms with Crippen molar-refractivity contribution in [1.29, 1.82) is 0 Å². The van der Waals surface area contributed by atoms with Crippen molar-refractivity contribution < 1.29 is 14.0 Å². The minimum absolute atomic E-state index is 0.891. The average Bonchev–Trinajstić information content (AvgIpc) is 2.53. The van der Waals surface area contributed by atoms with Crippen LogP contribution in [0.25, 0.3) is 0 Å². The van der Waals surface area contributed by atoms with Gasteiger partial charge < -0.3 is 9.47 Å². The molecule has 0 atom stereocenters. The van der Waals surface area contributed by atoms with Crippen LogP contribution in [0, 0.1) is 0 Å². The number of nitrogens with zero attached hydrogens (tertiary/aromatic N) is 1. The number of methoxy groups -OCH3 is 2. The normalized spacial score (nSPS) is 13.4. The van der Waals surface area contributed by atoms with E-state index in [1.54, 1.807) is 14.2 Å². The van der Waals surface area contributed by atoms with Crippen LogP contribution in [0.3, 0.4) is 0 Å². The van der Waals surface area contributed by atoms with Gasteiger partial charge in [-0.25, -0.2) is 0 Å². The fourth-order valence-corrected chi connectivity index (χ4v) is 2.65. The van der Waals surface area contributed by atoms with Gasteiger partial charge in [-0.15, -0.1) is 0 Å². The van der Waals surface area contributed by atoms with Crippen molar-refractivity contribution in [2.45, 2.75) is 6.42 Å². The summed E-state index contributed by atoms with van der Waals surface area (Å²) in [7, 11) is 3.42. The minimum atomic E-state index is 0.891. The summed E-state index contributed by atoms with van der Waals surface area (Å²) in [5, 5.41) is 0. The SMILES string of the molecule is COc1ccccc1[N+]1=Cc2c(cccc2OC)CC1. The van der Waals surface area contributed by atoms with Crippen molar-refractivity contribution in [2.24, 2.45) is 0 Å². The highest BCUT2D eigenvalue weighted by atomic mass is 16.5. The van der Waals surface area contributed by atoms with Crippen LogP contribution in [0.4, 0.5) is 5.69 Å². The largest absolute Gasteiger partial charge is 0.496 e. The molecule has 0 radical (unpaired) electrons. The summed E-state index contributed by atoms with van der Waals surface area (Å²) in [6, 6.07) is 14.3. The zero-order valence-corrected chi connectivity index (χ0v) is 11.8. The Morgan fingerprint density at radius 3 is 2.45 bits per heavy atom. The van der Waals surface area contributed by atoms with E-state index in [0.717, 1.165) is 35.7 Å². The summed E-state index contributed by atoms with van der Waals surface area (Å²) in [6.07, 6.45) is 3.15. The topological polar surface area (TPSA) is 21.5 Å². The molecule has 3 nitrogen and oxygen atoms in total. The first kappa shape index (κ1) is 12.7. The molecule has 3 heteroatoms. The molecule has 0 N–H and O–H groups in total. The van der Waals surface area contributed by atoms with Crippen LogP contribution in [0.15, 0.2) is 42.5 Å². The molecule has 0 fully saturated rings. The number of fused-ring (bicyclic) bond motifs is 1. The molecule has 0 aliphatic carbocycles. The molecule has 0 saturated carbocycles. The van der Waals surface area contributed by atoms with Gasteiger partial charge in [0.05, 0.1) is 19.8 Å². The van der Waals surface area contributed by atoms with Crippen LogP contribution in [-0.2, 0) is 6.42 Å². The number of hydrogen-bond acceptors (Lipinski definition) is 2. The Hall–Kier alpha value is -2.29. The van der Waals surface area contributed by atoms with E-state index in [-0.39, 0.29) is 0 Å². The average molecular weight is 268 g/mol. The van der Waals surface area contributed by atoms with E-state index in [4.69, 9.17) is 9.47 Å². The third-order valence-corrected chi connectivity index (χ3v) is 3.68. The van der Waals surface area contributed by atoms with E-state index in [9.17, 15) is 0 Å². The summed E-state index contributed by atoms with van der Waals surface area (Å²) in [4.78, 5) is 0. The van der Waals surface area contributed by atoms with Gasteiger partial charge in [-0.05, 0) is 17.7 Å². The number of para-hydroxylation sites is 2. The van der Waals surface area contributed by atoms with Gasteiger partial charge in [-0.1, -0.05) is 24.3 Å². The van der Waals surface area contributed by atoms with Gasteiger partial charge >= 0.3 is 0 Å². The first-order valence-electron chi connectivity index (χ1n) is 6.74. The highest BCUT2D eigenvalue weighted by molar-refractivity contribution is 5.84. The molecule has 1 heterocycles. The molecule has 0 amide bonds. The van der Waals surface area contributed by atoms with Crippen molar-refractivity contribution in [3.05, 3.63) is 53.6 Å². The molecule has 0 bridgehead atoms. The van der Waals surface area contributed by atoms with Crippen LogP contribution in [0.2, 0.25) is 0 Å². The van der Waals surface area contributed by atoms with Gasteiger partial charge in [0.25, 0.3) is 0 Å². The van der Waals surface area contributed by atoms with E-state index < -0.39 is 0 Å². The summed E-state index contributed by atoms with van der Waals surface area (Å²) in [6.45, 7) is 0.945. The molecular formula is C17H18NO2+. The van der Waals surface area contributed by atoms with Crippen LogP contribution in [0.1, 0.15) is 11.1 Å². The molecule has 102 valence electrons. The Bertz CT molecular complexity index is 662. The molecular weight excluding hydrogens is 250 g/mol. The van der Waals surface area contributed by atoms with Crippen LogP contribution in [0.5, 0.6) is 11.5 Å². The Kier molecular flexibility index (Phi) is 3.42. The number of hydrogen-bond donors (Lipinski definition) is 0. The lowest BCUT2D eigenvalue weighted by Crippen LogP contribution is -2.19. The zero-order chi connectivity index (χ0) is 13.9. The molecule has 0 spiro atoms. The van der Waals surface area contributed by atoms with Gasteiger partial charge in [0.15, 0.2) is 18.5 Å². The maximum absolute atomic E-state index is 5.46. The van der Waals surface area contributed by atoms with Crippen LogP contribution >= 0.6 is 0 Å². The lowest BCUT2D eigenvalue weighted by molar-refractivity contribution is -0.437. The first-order valence-corrected chi connectivity index (χ1v) is 6.74. The maximum atomic E-state index is 5.46. The van der Waals surface area contributed by atoms with Crippen molar-refractivity contribution in [3.8, 4) is 11.5 Å². The molecule has 20 heavy (non-hydrogen) atoms. The summed E-state index contributed by atoms with van der Waals surface area (Å²) in [5.41, 5.74) is 3.58. The molecule has 3 rings (SSSR count). The molecule has 0 unspecified atom stereocenters. The second-order valence-corrected chi connectivity index (χ2v) is 4.78. The molecule has 0 saturated heterocycles. The Labute approximate surface area is 119 Å². The van der Waals surface area contributed by atoms with Crippen LogP contribution in [-0.4, -0.2) is 31.6 Å². The van der Waals surface area contributed by atoms with E-state index in [2.05, 4.69) is 22.9 Å². The van der Waals surface area contributed by atoms with E-state index in [1.807, 2.05) is 30.3 Å². The fraction of sp³-hybridized carbons (Fsp3) is 0.235. The second kappa shape index (κ2) is 5.37. The number of benzene rings is 2. The monoisotopic (exact) mass is 268 g/mol. The third kappa shape index (κ3) is 2.16. The molecule has 0 aromatic heterocycles. The van der Waals surface area contributed by atoms with E-state index in [0.29, 0.717) is 0 Å². The van der Waals surface area contributed by atoms with E-state index >= 15 is 0 Å². The van der Waals surface area contributed by atoms with Crippen molar-refractivity contribution in [3.63, 3.8) is 0 Å². The van der Waals surface area contributed by atoms with E-state index in [1.165, 1.54) is 5.56 Å². The highest BCUT2D eigenvalue weighted by Gasteiger charge is 2.23. The summed E-state index contributed by atoms with van der Waals surface area (Å²) < 4.78 is 13.1. The smallest absolute Gasteiger partial charge is 0.247 e. The Balaban J connectivity index is 2.10. The standard InChI is InChI=1S/C17H18NO2/c1-19-16-9-5-6-13-10-11-18(12-14(13)16)15-7-3-4-8-17(15)20-2/h3-9,12H,10-11H2,1-2H3/q+1. The number of ether oxygens (including phenoxy) is 2. The molecule has 1 aliphatic rings. The Morgan fingerprint density at radius 1 is 0.900 bits per heavy atom. The Morgan fingerprint density at radius 2 is 1.65 bits per heavy atom. The third-order valence-electron chi connectivity index (χ3n) is 3.68. The quantitative estimate of drug-likeness (QED) is 0.798. The van der Waals surface area contributed by atoms with Gasteiger partial charge in [-0.2, -0.15) is 4.58 Å². The molecule has 2 aromatic rings. The van der Waals surface area contributed by atoms with Crippen LogP contribution < -0.4 is 9.47 Å². The zero-order valence-electron chi connectivity index (χ0n) is 11.8. The highest BCUT2D eigenvalue weighted by Crippen LogP contribution is 2.30. The second-order valence-electron chi connectivity index (χ2n) is 4.78. The number of rotatable bonds is 3. The predicted octanol–water partition coefficient (Wildman–Crippen LogP) is 3.02. The molecule has 1 aliphatic heterocycles. The van der Waals surface area contributed by atoms with Crippen molar-refractivity contribution >= 4 is 11.9 Å². The van der Waals surface area contributed by atoms with Gasteiger partial charge in [0.1, 0.15) is 5.75 Å². The van der Waals surface area contributed by atoms with Gasteiger partial charge in [0.2, 0.25) is 5.69 Å². The first-order chi connectivity index (χ1) is 9.83. The minimum Gasteiger partial charge on any atom is -0.496 e. The van der Waals surface area contributed by atoms with Gasteiger partial charge in [0, 0.05) is 12.5 Å². The summed E-state index contributed by atoms with van der Waals surface area (Å²) in [5.74, 6) is 1.81. The lowest BCUT2D eigenvalue weighted by atomic mass is 10.0. The maximum Gasteiger partial charge on any atom is 0.247 e. The van der Waals surface area contributed by atoms with Crippen molar-refractivity contribution in [1.82, 2.24) is 0 Å². The molecule has 2 aromatic carbocycles. The van der Waals surface area contributed by atoms with Crippen molar-refractivity contribution in [2.75, 3.05) is 20.8 Å². The fourth-order valence-electron chi connectivity index (χ4n) is 2.65. The summed E-state index contributed by atoms with van der Waals surface area (Å²) >= 11 is 0. The van der Waals surface area contributed by atoms with Gasteiger partial charge in [-0.3, -0.25) is 0 Å². The predicted molar refractivity (Wildman–Crippen MR) is 79.6 cm³/mol. The lowest BCUT2D eigenvalue weighted by Gasteiger charge is -2.15.